The molecule has 0 aliphatic carbocycles. The third kappa shape index (κ3) is 5.86. The molecule has 96 valence electrons. The molecule has 2 nitrogen and oxygen atoms in total. The van der Waals surface area contributed by atoms with Crippen LogP contribution in [0.1, 0.15) is 58.8 Å². The Morgan fingerprint density at radius 3 is 2.81 bits per heavy atom. The smallest absolute Gasteiger partial charge is 0.00109 e. The molecule has 1 rings (SSSR count). The van der Waals surface area contributed by atoms with Crippen molar-refractivity contribution < 1.29 is 0 Å². The molecule has 0 saturated carbocycles. The fraction of sp³-hybridized carbons (Fsp3) is 1.00. The van der Waals surface area contributed by atoms with Gasteiger partial charge in [0.1, 0.15) is 0 Å². The molecule has 0 amide bonds. The average molecular weight is 226 g/mol. The molecule has 0 radical (unpaired) electrons. The lowest BCUT2D eigenvalue weighted by Crippen LogP contribution is -2.27. The van der Waals surface area contributed by atoms with Gasteiger partial charge in [0.2, 0.25) is 0 Å². The van der Waals surface area contributed by atoms with Crippen LogP contribution < -0.4 is 5.73 Å². The van der Waals surface area contributed by atoms with E-state index in [2.05, 4.69) is 18.7 Å². The van der Waals surface area contributed by atoms with E-state index in [1.807, 2.05) is 0 Å². The topological polar surface area (TPSA) is 29.3 Å². The SMILES string of the molecule is CCCC1CCCN(CCCC(C)N)CC1. The van der Waals surface area contributed by atoms with E-state index in [9.17, 15) is 0 Å². The zero-order chi connectivity index (χ0) is 11.8. The molecule has 1 saturated heterocycles. The number of nitrogens with two attached hydrogens (primary N) is 1. The Labute approximate surface area is 102 Å². The molecule has 0 spiro atoms. The van der Waals surface area contributed by atoms with Crippen LogP contribution >= 0.6 is 0 Å². The molecule has 2 N–H and O–H groups in total. The summed E-state index contributed by atoms with van der Waals surface area (Å²) in [5.74, 6) is 1.00. The van der Waals surface area contributed by atoms with Crippen molar-refractivity contribution in [1.82, 2.24) is 4.90 Å². The van der Waals surface area contributed by atoms with E-state index in [0.717, 1.165) is 5.92 Å². The van der Waals surface area contributed by atoms with Gasteiger partial charge >= 0.3 is 0 Å². The largest absolute Gasteiger partial charge is 0.328 e. The van der Waals surface area contributed by atoms with E-state index in [1.165, 1.54) is 64.6 Å². The first kappa shape index (κ1) is 14.0. The summed E-state index contributed by atoms with van der Waals surface area (Å²) in [5, 5.41) is 0. The van der Waals surface area contributed by atoms with Crippen molar-refractivity contribution in [2.24, 2.45) is 11.7 Å². The summed E-state index contributed by atoms with van der Waals surface area (Å²) in [4.78, 5) is 2.65. The zero-order valence-corrected chi connectivity index (χ0v) is 11.3. The minimum Gasteiger partial charge on any atom is -0.328 e. The van der Waals surface area contributed by atoms with Crippen LogP contribution in [0.4, 0.5) is 0 Å². The summed E-state index contributed by atoms with van der Waals surface area (Å²) in [6.45, 7) is 8.33. The van der Waals surface area contributed by atoms with Crippen molar-refractivity contribution in [3.63, 3.8) is 0 Å². The Bertz CT molecular complexity index is 168. The van der Waals surface area contributed by atoms with E-state index >= 15 is 0 Å². The lowest BCUT2D eigenvalue weighted by Gasteiger charge is -2.20. The van der Waals surface area contributed by atoms with Crippen LogP contribution in [-0.2, 0) is 0 Å². The van der Waals surface area contributed by atoms with E-state index in [-0.39, 0.29) is 0 Å². The summed E-state index contributed by atoms with van der Waals surface area (Å²) in [7, 11) is 0. The molecule has 0 aromatic carbocycles. The molecule has 1 aliphatic heterocycles. The van der Waals surface area contributed by atoms with Crippen molar-refractivity contribution in [1.29, 1.82) is 0 Å². The van der Waals surface area contributed by atoms with Gasteiger partial charge in [-0.3, -0.25) is 0 Å². The highest BCUT2D eigenvalue weighted by atomic mass is 15.1. The normalized spacial score (nSPS) is 25.3. The van der Waals surface area contributed by atoms with Crippen LogP contribution in [0.3, 0.4) is 0 Å². The molecule has 16 heavy (non-hydrogen) atoms. The molecule has 2 atom stereocenters. The second kappa shape index (κ2) is 8.08. The maximum absolute atomic E-state index is 5.78. The van der Waals surface area contributed by atoms with Crippen LogP contribution in [0.15, 0.2) is 0 Å². The first-order valence-electron chi connectivity index (χ1n) is 7.20. The summed E-state index contributed by atoms with van der Waals surface area (Å²) in [5.41, 5.74) is 5.78. The Hall–Kier alpha value is -0.0800. The molecular formula is C14H30N2. The van der Waals surface area contributed by atoms with Crippen molar-refractivity contribution in [3.05, 3.63) is 0 Å². The van der Waals surface area contributed by atoms with Crippen molar-refractivity contribution in [3.8, 4) is 0 Å². The van der Waals surface area contributed by atoms with Gasteiger partial charge in [0.15, 0.2) is 0 Å². The van der Waals surface area contributed by atoms with Gasteiger partial charge in [-0.1, -0.05) is 19.8 Å². The first-order chi connectivity index (χ1) is 7.72. The van der Waals surface area contributed by atoms with E-state index in [1.54, 1.807) is 0 Å². The molecule has 0 aromatic heterocycles. The van der Waals surface area contributed by atoms with E-state index < -0.39 is 0 Å². The second-order valence-corrected chi connectivity index (χ2v) is 5.55. The Kier molecular flexibility index (Phi) is 7.06. The zero-order valence-electron chi connectivity index (χ0n) is 11.3. The quantitative estimate of drug-likeness (QED) is 0.754. The summed E-state index contributed by atoms with van der Waals surface area (Å²) < 4.78 is 0. The van der Waals surface area contributed by atoms with E-state index in [0.29, 0.717) is 6.04 Å². The van der Waals surface area contributed by atoms with Crippen molar-refractivity contribution in [2.75, 3.05) is 19.6 Å². The molecule has 0 aromatic rings. The van der Waals surface area contributed by atoms with Gasteiger partial charge in [0.05, 0.1) is 0 Å². The number of nitrogens with zero attached hydrogens (tertiary/aromatic N) is 1. The first-order valence-corrected chi connectivity index (χ1v) is 7.20. The fourth-order valence-corrected chi connectivity index (χ4v) is 2.78. The van der Waals surface area contributed by atoms with Crippen LogP contribution in [0.5, 0.6) is 0 Å². The van der Waals surface area contributed by atoms with Crippen LogP contribution in [-0.4, -0.2) is 30.6 Å². The Balaban J connectivity index is 2.14. The lowest BCUT2D eigenvalue weighted by atomic mass is 9.96. The molecular weight excluding hydrogens is 196 g/mol. The Morgan fingerprint density at radius 1 is 1.31 bits per heavy atom. The maximum atomic E-state index is 5.78. The summed E-state index contributed by atoms with van der Waals surface area (Å²) in [6.07, 6.45) is 9.53. The van der Waals surface area contributed by atoms with Gasteiger partial charge in [-0.15, -0.1) is 0 Å². The highest BCUT2D eigenvalue weighted by Gasteiger charge is 2.15. The highest BCUT2D eigenvalue weighted by molar-refractivity contribution is 4.70. The van der Waals surface area contributed by atoms with Gasteiger partial charge in [-0.05, 0) is 64.6 Å². The van der Waals surface area contributed by atoms with Gasteiger partial charge in [0, 0.05) is 6.04 Å². The monoisotopic (exact) mass is 226 g/mol. The third-order valence-electron chi connectivity index (χ3n) is 3.77. The van der Waals surface area contributed by atoms with Crippen LogP contribution in [0, 0.1) is 5.92 Å². The van der Waals surface area contributed by atoms with Crippen molar-refractivity contribution >= 4 is 0 Å². The second-order valence-electron chi connectivity index (χ2n) is 5.55. The average Bonchev–Trinajstić information content (AvgIpc) is 2.44. The standard InChI is InChI=1S/C14H30N2/c1-3-6-14-8-5-11-16(12-9-14)10-4-7-13(2)15/h13-14H,3-12,15H2,1-2H3. The Morgan fingerprint density at radius 2 is 2.12 bits per heavy atom. The highest BCUT2D eigenvalue weighted by Crippen LogP contribution is 2.21. The minimum absolute atomic E-state index is 0.375. The fourth-order valence-electron chi connectivity index (χ4n) is 2.78. The van der Waals surface area contributed by atoms with Gasteiger partial charge in [0.25, 0.3) is 0 Å². The number of rotatable bonds is 6. The summed E-state index contributed by atoms with van der Waals surface area (Å²) in [6, 6.07) is 0.375. The maximum Gasteiger partial charge on any atom is 0.00109 e. The summed E-state index contributed by atoms with van der Waals surface area (Å²) >= 11 is 0. The molecule has 2 unspecified atom stereocenters. The predicted octanol–water partition coefficient (Wildman–Crippen LogP) is 3.02. The molecule has 0 bridgehead atoms. The van der Waals surface area contributed by atoms with Crippen molar-refractivity contribution in [2.45, 2.75) is 64.8 Å². The number of likely N-dealkylation sites (tertiary alicyclic amines) is 1. The van der Waals surface area contributed by atoms with Crippen LogP contribution in [0.25, 0.3) is 0 Å². The predicted molar refractivity (Wildman–Crippen MR) is 71.6 cm³/mol. The molecule has 1 aliphatic rings. The van der Waals surface area contributed by atoms with Gasteiger partial charge in [-0.25, -0.2) is 0 Å². The lowest BCUT2D eigenvalue weighted by molar-refractivity contribution is 0.271. The number of hydrogen-bond acceptors (Lipinski definition) is 2. The minimum atomic E-state index is 0.375. The van der Waals surface area contributed by atoms with E-state index in [4.69, 9.17) is 5.73 Å². The molecule has 2 heteroatoms. The third-order valence-corrected chi connectivity index (χ3v) is 3.77. The van der Waals surface area contributed by atoms with Gasteiger partial charge in [-0.2, -0.15) is 0 Å². The number of hydrogen-bond donors (Lipinski definition) is 1. The molecule has 1 heterocycles. The molecule has 1 fully saturated rings. The van der Waals surface area contributed by atoms with Gasteiger partial charge < -0.3 is 10.6 Å². The van der Waals surface area contributed by atoms with Crippen LogP contribution in [0.2, 0.25) is 0 Å².